The molecule has 2 heteroatoms. The molecule has 2 nitrogen and oxygen atoms in total. The molecule has 0 aromatic rings. The van der Waals surface area contributed by atoms with E-state index in [1.165, 1.54) is 12.5 Å². The molecular weight excluding hydrogens is 92.1 g/mol. The minimum atomic E-state index is 0. The number of hydrogen-bond acceptors (Lipinski definition) is 2. The summed E-state index contributed by atoms with van der Waals surface area (Å²) in [7, 11) is 0. The molecule has 40 valence electrons. The molecule has 0 aromatic carbocycles. The van der Waals surface area contributed by atoms with Crippen LogP contribution in [-0.2, 0) is 9.78 Å². The Morgan fingerprint density at radius 1 is 0.857 bits per heavy atom. The molecule has 0 amide bonds. The van der Waals surface area contributed by atoms with Crippen LogP contribution in [0.15, 0.2) is 24.7 Å². The van der Waals surface area contributed by atoms with Crippen LogP contribution < -0.4 is 0 Å². The number of hydrogen-bond donors (Lipinski definition) is 0. The molecule has 0 fully saturated rings. The van der Waals surface area contributed by atoms with Crippen molar-refractivity contribution in [3.8, 4) is 0 Å². The first-order valence-electron chi connectivity index (χ1n) is 1.64. The van der Waals surface area contributed by atoms with Crippen LogP contribution in [0.4, 0.5) is 0 Å². The monoisotopic (exact) mass is 100 g/mol. The largest absolute Gasteiger partial charge is 0.299 e. The molecule has 1 aliphatic heterocycles. The Morgan fingerprint density at radius 2 is 1.29 bits per heavy atom. The molecule has 0 atom stereocenters. The standard InChI is InChI=1S/C4H4O2.CH4/c1-2-4-6-5-3-1;/h1-4H;1H4. The molecule has 0 aliphatic carbocycles. The van der Waals surface area contributed by atoms with Crippen LogP contribution in [0.2, 0.25) is 0 Å². The highest BCUT2D eigenvalue weighted by Gasteiger charge is 1.75. The van der Waals surface area contributed by atoms with Gasteiger partial charge in [0.2, 0.25) is 0 Å². The summed E-state index contributed by atoms with van der Waals surface area (Å²) in [5.74, 6) is 0. The van der Waals surface area contributed by atoms with E-state index in [0.29, 0.717) is 0 Å². The summed E-state index contributed by atoms with van der Waals surface area (Å²) in [6.07, 6.45) is 6.40. The molecule has 0 unspecified atom stereocenters. The summed E-state index contributed by atoms with van der Waals surface area (Å²) in [5, 5.41) is 0. The maximum Gasteiger partial charge on any atom is 0.142 e. The number of rotatable bonds is 0. The first kappa shape index (κ1) is 6.08. The molecule has 7 heavy (non-hydrogen) atoms. The first-order chi connectivity index (χ1) is 3.00. The van der Waals surface area contributed by atoms with E-state index < -0.39 is 0 Å². The fourth-order valence-corrected chi connectivity index (χ4v) is 0.219. The van der Waals surface area contributed by atoms with Gasteiger partial charge < -0.3 is 0 Å². The lowest BCUT2D eigenvalue weighted by molar-refractivity contribution is -0.198. The molecule has 1 heterocycles. The van der Waals surface area contributed by atoms with Crippen LogP contribution in [0, 0.1) is 0 Å². The maximum atomic E-state index is 4.30. The van der Waals surface area contributed by atoms with Gasteiger partial charge in [0.25, 0.3) is 0 Å². The lowest BCUT2D eigenvalue weighted by atomic mass is 10.6. The maximum absolute atomic E-state index is 4.30. The van der Waals surface area contributed by atoms with Gasteiger partial charge in [0.1, 0.15) is 12.5 Å². The Morgan fingerprint density at radius 3 is 1.43 bits per heavy atom. The summed E-state index contributed by atoms with van der Waals surface area (Å²) in [5.41, 5.74) is 0. The molecular formula is C5H8O2. The van der Waals surface area contributed by atoms with Gasteiger partial charge >= 0.3 is 0 Å². The minimum Gasteiger partial charge on any atom is -0.299 e. The van der Waals surface area contributed by atoms with Gasteiger partial charge in [-0.05, 0) is 12.2 Å². The predicted octanol–water partition coefficient (Wildman–Crippen LogP) is 1.61. The fraction of sp³-hybridized carbons (Fsp3) is 0.200. The van der Waals surface area contributed by atoms with Crippen LogP contribution in [0.3, 0.4) is 0 Å². The topological polar surface area (TPSA) is 18.5 Å². The van der Waals surface area contributed by atoms with Gasteiger partial charge in [-0.2, -0.15) is 0 Å². The first-order valence-corrected chi connectivity index (χ1v) is 1.64. The molecule has 0 saturated carbocycles. The van der Waals surface area contributed by atoms with Crippen molar-refractivity contribution in [2.75, 3.05) is 0 Å². The highest BCUT2D eigenvalue weighted by molar-refractivity contribution is 4.97. The van der Waals surface area contributed by atoms with Crippen molar-refractivity contribution in [1.29, 1.82) is 0 Å². The molecule has 0 radical (unpaired) electrons. The Balaban J connectivity index is 0.000000360. The van der Waals surface area contributed by atoms with E-state index in [1.807, 2.05) is 0 Å². The summed E-state index contributed by atoms with van der Waals surface area (Å²) in [6.45, 7) is 0. The van der Waals surface area contributed by atoms with E-state index in [0.717, 1.165) is 0 Å². The van der Waals surface area contributed by atoms with E-state index in [1.54, 1.807) is 12.2 Å². The van der Waals surface area contributed by atoms with Gasteiger partial charge in [-0.1, -0.05) is 7.43 Å². The van der Waals surface area contributed by atoms with Crippen molar-refractivity contribution < 1.29 is 9.78 Å². The van der Waals surface area contributed by atoms with Crippen molar-refractivity contribution in [3.05, 3.63) is 24.7 Å². The summed E-state index contributed by atoms with van der Waals surface area (Å²) < 4.78 is 0. The second-order valence-electron chi connectivity index (χ2n) is 0.850. The highest BCUT2D eigenvalue weighted by Crippen LogP contribution is 1.89. The summed E-state index contributed by atoms with van der Waals surface area (Å²) in [4.78, 5) is 8.60. The van der Waals surface area contributed by atoms with Crippen molar-refractivity contribution >= 4 is 0 Å². The molecule has 1 rings (SSSR count). The van der Waals surface area contributed by atoms with E-state index in [2.05, 4.69) is 9.78 Å². The zero-order valence-corrected chi connectivity index (χ0v) is 3.13. The van der Waals surface area contributed by atoms with Crippen molar-refractivity contribution in [1.82, 2.24) is 0 Å². The zero-order chi connectivity index (χ0) is 4.24. The van der Waals surface area contributed by atoms with E-state index in [9.17, 15) is 0 Å². The predicted molar refractivity (Wildman–Crippen MR) is 27.2 cm³/mol. The molecule has 0 N–H and O–H groups in total. The van der Waals surface area contributed by atoms with Crippen LogP contribution in [0.25, 0.3) is 0 Å². The Bertz CT molecular complexity index is 72.1. The zero-order valence-electron chi connectivity index (χ0n) is 3.13. The van der Waals surface area contributed by atoms with Crippen LogP contribution >= 0.6 is 0 Å². The summed E-state index contributed by atoms with van der Waals surface area (Å²) >= 11 is 0. The quantitative estimate of drug-likeness (QED) is 0.430. The van der Waals surface area contributed by atoms with Gasteiger partial charge in [-0.25, -0.2) is 0 Å². The average molecular weight is 100 g/mol. The lowest BCUT2D eigenvalue weighted by Crippen LogP contribution is -1.78. The Labute approximate surface area is 43.0 Å². The SMILES string of the molecule is C.C1=COOC=C1. The van der Waals surface area contributed by atoms with E-state index >= 15 is 0 Å². The lowest BCUT2D eigenvalue weighted by Gasteiger charge is -1.94. The Hall–Kier alpha value is -0.920. The van der Waals surface area contributed by atoms with Crippen LogP contribution in [0.5, 0.6) is 0 Å². The Kier molecular flexibility index (Phi) is 2.85. The third kappa shape index (κ3) is 1.87. The molecule has 0 saturated heterocycles. The van der Waals surface area contributed by atoms with Gasteiger partial charge in [-0.15, -0.1) is 0 Å². The second-order valence-corrected chi connectivity index (χ2v) is 0.850. The third-order valence-corrected chi connectivity index (χ3v) is 0.435. The highest BCUT2D eigenvalue weighted by atomic mass is 17.2. The van der Waals surface area contributed by atoms with Crippen molar-refractivity contribution in [2.24, 2.45) is 0 Å². The van der Waals surface area contributed by atoms with Crippen LogP contribution in [0.1, 0.15) is 7.43 Å². The van der Waals surface area contributed by atoms with Gasteiger partial charge in [0.05, 0.1) is 0 Å². The molecule has 0 bridgehead atoms. The van der Waals surface area contributed by atoms with Gasteiger partial charge in [0, 0.05) is 0 Å². The normalized spacial score (nSPS) is 13.7. The van der Waals surface area contributed by atoms with E-state index in [4.69, 9.17) is 0 Å². The second kappa shape index (κ2) is 3.28. The molecule has 0 aromatic heterocycles. The smallest absolute Gasteiger partial charge is 0.142 e. The molecule has 0 spiro atoms. The van der Waals surface area contributed by atoms with Gasteiger partial charge in [0.15, 0.2) is 0 Å². The third-order valence-electron chi connectivity index (χ3n) is 0.435. The minimum absolute atomic E-state index is 0. The molecule has 1 aliphatic rings. The van der Waals surface area contributed by atoms with Crippen molar-refractivity contribution in [3.63, 3.8) is 0 Å². The average Bonchev–Trinajstić information content (AvgIpc) is 1.72. The summed E-state index contributed by atoms with van der Waals surface area (Å²) in [6, 6.07) is 0. The van der Waals surface area contributed by atoms with Crippen molar-refractivity contribution in [2.45, 2.75) is 7.43 Å². The van der Waals surface area contributed by atoms with E-state index in [-0.39, 0.29) is 7.43 Å². The number of allylic oxidation sites excluding steroid dienone is 2. The van der Waals surface area contributed by atoms with Crippen LogP contribution in [-0.4, -0.2) is 0 Å². The van der Waals surface area contributed by atoms with Gasteiger partial charge in [-0.3, -0.25) is 9.78 Å². The fourth-order valence-electron chi connectivity index (χ4n) is 0.219.